The molecule has 17 aromatic rings. The predicted molar refractivity (Wildman–Crippen MR) is 518 cm³/mol. The number of anilines is 1. The van der Waals surface area contributed by atoms with E-state index in [1.54, 1.807) is 53.7 Å². The molecule has 0 spiro atoms. The smallest absolute Gasteiger partial charge is 0.343 e. The van der Waals surface area contributed by atoms with Crippen LogP contribution in [-0.4, -0.2) is 156 Å². The molecule has 34 nitrogen and oxygen atoms in total. The zero-order chi connectivity index (χ0) is 97.5. The number of H-pyrrole nitrogens is 5. The number of hydrogen-bond acceptors (Lipinski definition) is 24. The molecule has 0 atom stereocenters. The highest BCUT2D eigenvalue weighted by atomic mass is 16.5. The Hall–Kier alpha value is -16.8. The van der Waals surface area contributed by atoms with E-state index in [2.05, 4.69) is 83.1 Å². The van der Waals surface area contributed by atoms with E-state index in [1.165, 1.54) is 89.9 Å². The molecule has 1 aliphatic carbocycles. The van der Waals surface area contributed by atoms with Gasteiger partial charge < -0.3 is 42.8 Å². The zero-order valence-electron chi connectivity index (χ0n) is 78.1. The minimum absolute atomic E-state index is 0.0154. The van der Waals surface area contributed by atoms with Crippen LogP contribution in [0, 0.1) is 12.8 Å². The van der Waals surface area contributed by atoms with Crippen molar-refractivity contribution in [3.8, 4) is 85.0 Å². The predicted octanol–water partition coefficient (Wildman–Crippen LogP) is 17.3. The van der Waals surface area contributed by atoms with Crippen molar-refractivity contribution in [3.63, 3.8) is 0 Å². The van der Waals surface area contributed by atoms with Crippen molar-refractivity contribution in [1.82, 2.24) is 73.0 Å². The summed E-state index contributed by atoms with van der Waals surface area (Å²) in [5, 5.41) is 14.1. The monoisotopic (exact) mass is 1850 g/mol. The molecule has 0 amide bonds. The summed E-state index contributed by atoms with van der Waals surface area (Å²) in [6.07, 6.45) is 7.02. The molecule has 1 fully saturated rings. The van der Waals surface area contributed by atoms with Crippen LogP contribution in [0.25, 0.3) is 84.5 Å². The largest absolute Gasteiger partial charge is 0.491 e. The van der Waals surface area contributed by atoms with E-state index in [-0.39, 0.29) is 129 Å². The van der Waals surface area contributed by atoms with E-state index in [0.29, 0.717) is 56.9 Å². The third-order valence-corrected chi connectivity index (χ3v) is 21.6. The van der Waals surface area contributed by atoms with E-state index in [4.69, 9.17) is 37.9 Å². The number of carbonyl (C=O) groups excluding carboxylic acids is 5. The van der Waals surface area contributed by atoms with Gasteiger partial charge in [0, 0.05) is 102 Å². The highest BCUT2D eigenvalue weighted by molar-refractivity contribution is 6.00. The number of hydrogen-bond donors (Lipinski definition) is 5. The van der Waals surface area contributed by atoms with Crippen molar-refractivity contribution in [2.24, 2.45) is 5.92 Å². The first-order chi connectivity index (χ1) is 65.9. The van der Waals surface area contributed by atoms with Crippen molar-refractivity contribution < 1.29 is 61.9 Å². The van der Waals surface area contributed by atoms with E-state index < -0.39 is 29.8 Å². The molecule has 0 saturated heterocycles. The lowest BCUT2D eigenvalue weighted by Crippen LogP contribution is -2.19. The minimum Gasteiger partial charge on any atom is -0.491 e. The third kappa shape index (κ3) is 22.8. The normalized spacial score (nSPS) is 11.6. The number of esters is 5. The first-order valence-electron chi connectivity index (χ1n) is 44.7. The molecule has 10 heterocycles. The topological polar surface area (TPSA) is 413 Å². The number of nitrogens with one attached hydrogen (secondary N) is 5. The molecular formula is C103H104N16O18. The first-order valence-corrected chi connectivity index (χ1v) is 44.7. The van der Waals surface area contributed by atoms with Gasteiger partial charge in [-0.2, -0.15) is 0 Å². The second-order valence-electron chi connectivity index (χ2n) is 33.3. The summed E-state index contributed by atoms with van der Waals surface area (Å²) in [5.74, 6) is 1.81. The second-order valence-corrected chi connectivity index (χ2v) is 33.3. The fourth-order valence-electron chi connectivity index (χ4n) is 14.7. The van der Waals surface area contributed by atoms with E-state index >= 15 is 0 Å². The average molecular weight is 1850 g/mol. The Morgan fingerprint density at radius 1 is 0.387 bits per heavy atom. The number of rotatable bonds is 25. The highest BCUT2D eigenvalue weighted by Gasteiger charge is 2.29. The highest BCUT2D eigenvalue weighted by Crippen LogP contribution is 2.34. The Morgan fingerprint density at radius 2 is 0.693 bits per heavy atom. The summed E-state index contributed by atoms with van der Waals surface area (Å²) in [7, 11) is 2.09. The van der Waals surface area contributed by atoms with Crippen LogP contribution in [0.3, 0.4) is 0 Å². The Balaban J connectivity index is 0.000000137. The summed E-state index contributed by atoms with van der Waals surface area (Å²) in [6, 6.07) is 63.9. The Morgan fingerprint density at radius 3 is 1.04 bits per heavy atom. The fraction of sp³-hybridized carbons (Fsp3) is 0.252. The van der Waals surface area contributed by atoms with Gasteiger partial charge in [0.15, 0.2) is 28.2 Å². The molecule has 1 aliphatic rings. The zero-order valence-corrected chi connectivity index (χ0v) is 78.1. The van der Waals surface area contributed by atoms with Gasteiger partial charge in [-0.25, -0.2) is 71.5 Å². The molecule has 0 bridgehead atoms. The maximum atomic E-state index is 12.8. The van der Waals surface area contributed by atoms with Gasteiger partial charge in [0.1, 0.15) is 56.6 Å². The lowest BCUT2D eigenvalue weighted by atomic mass is 9.86. The van der Waals surface area contributed by atoms with Crippen LogP contribution < -0.4 is 46.9 Å². The van der Waals surface area contributed by atoms with Crippen molar-refractivity contribution in [3.05, 3.63) is 327 Å². The maximum absolute atomic E-state index is 12.8. The van der Waals surface area contributed by atoms with Gasteiger partial charge in [0.2, 0.25) is 0 Å². The van der Waals surface area contributed by atoms with Crippen LogP contribution in [-0.2, 0) is 29.1 Å². The van der Waals surface area contributed by atoms with Crippen molar-refractivity contribution in [2.45, 2.75) is 120 Å². The summed E-state index contributed by atoms with van der Waals surface area (Å²) >= 11 is 0. The molecule has 10 aromatic heterocycles. The van der Waals surface area contributed by atoms with Gasteiger partial charge in [-0.05, 0) is 200 Å². The van der Waals surface area contributed by atoms with E-state index in [1.807, 2.05) is 198 Å². The first kappa shape index (κ1) is 96.3. The van der Waals surface area contributed by atoms with Crippen LogP contribution >= 0.6 is 0 Å². The summed E-state index contributed by atoms with van der Waals surface area (Å²) in [6.45, 7) is 26.9. The number of aromatic nitrogens is 15. The number of ether oxygens (including phenoxy) is 8. The molecule has 137 heavy (non-hydrogen) atoms. The van der Waals surface area contributed by atoms with E-state index in [0.717, 1.165) is 63.2 Å². The maximum Gasteiger partial charge on any atom is 0.343 e. The average Bonchev–Trinajstić information content (AvgIpc) is 1.62. The van der Waals surface area contributed by atoms with Crippen molar-refractivity contribution in [1.29, 1.82) is 0 Å². The van der Waals surface area contributed by atoms with Crippen LogP contribution in [0.1, 0.15) is 171 Å². The Labute approximate surface area is 784 Å². The van der Waals surface area contributed by atoms with Crippen molar-refractivity contribution >= 4 is 63.8 Å². The number of benzene rings is 7. The number of nitrogens with zero attached hydrogens (tertiary/aromatic N) is 11. The number of aromatic amines is 5. The third-order valence-electron chi connectivity index (χ3n) is 21.6. The standard InChI is InChI=1S/C24H23N3O4.C22H19N3O4.C20H22N4O3.C19H21N3O3.C18H19N3O4/c1-4-30-24(29)21-22(15(2)3)26-27-20(28)14-19(25-23(21)27)16-10-12-18(13-11-16)31-17-8-6-5-7-9-17;1-3-28-22(27)20-14(2)24-25-19(26)13-18(23-21(20)25)15-9-11-17(12-10-15)29-16-7-5-4-6-8-16;1-3-27-20(26)16-11-21-24-18(25)10-17(22-19(16)24)14-6-8-15(9-7-14)23(2)12-13-4-5-13;1-5-25-18(24)14-11-20-22-16(23)10-15(21-17(14)22)12-6-8-13(9-7-12)19(2,3)4;1-4-24-18(23)14-10-19-21-16(22)9-15(20-17(14)21)12-5-7-13(8-6-12)25-11(2)3/h5-15,26H,4H2,1-3H3;4-13,24H,3H2,1-2H3;6-11,13,21H,3-5,12H2,1-2H3;6-11,20H,5H2,1-4H3;5-11,19H,4H2,1-3H3. The lowest BCUT2D eigenvalue weighted by Gasteiger charge is -2.19. The second kappa shape index (κ2) is 42.8. The molecule has 0 radical (unpaired) electrons. The van der Waals surface area contributed by atoms with Crippen LogP contribution in [0.4, 0.5) is 5.69 Å². The fourth-order valence-corrected chi connectivity index (χ4v) is 14.7. The van der Waals surface area contributed by atoms with Crippen LogP contribution in [0.5, 0.6) is 28.7 Å². The quantitative estimate of drug-likeness (QED) is 0.0262. The Bertz CT molecular complexity index is 7530. The molecule has 704 valence electrons. The number of aryl methyl sites for hydroxylation is 1. The summed E-state index contributed by atoms with van der Waals surface area (Å²) in [4.78, 5) is 148. The molecule has 7 aromatic carbocycles. The number of fused-ring (bicyclic) bond motifs is 5. The number of carbonyl (C=O) groups is 5. The summed E-state index contributed by atoms with van der Waals surface area (Å²) < 4.78 is 48.8. The lowest BCUT2D eigenvalue weighted by molar-refractivity contribution is 0.0517. The van der Waals surface area contributed by atoms with Crippen molar-refractivity contribution in [2.75, 3.05) is 51.5 Å². The molecule has 18 rings (SSSR count). The molecular weight excluding hydrogens is 1750 g/mol. The van der Waals surface area contributed by atoms with Crippen LogP contribution in [0.2, 0.25) is 0 Å². The molecule has 0 aliphatic heterocycles. The number of para-hydroxylation sites is 2. The van der Waals surface area contributed by atoms with E-state index in [9.17, 15) is 47.9 Å². The molecule has 34 heteroatoms. The van der Waals surface area contributed by atoms with Gasteiger partial charge in [0.25, 0.3) is 27.8 Å². The molecule has 0 unspecified atom stereocenters. The molecule has 5 N–H and O–H groups in total. The Kier molecular flexibility index (Phi) is 30.1. The SMILES string of the molecule is CCOC(=O)c1c(C(C)C)[nH]n2c(=O)cc(-c3ccc(Oc4ccccc4)cc3)nc12.CCOC(=O)c1c(C)[nH]n2c(=O)cc(-c3ccc(Oc4ccccc4)cc3)nc12.CCOC(=O)c1c[nH]n2c(=O)cc(-c3ccc(C(C)(C)C)cc3)nc12.CCOC(=O)c1c[nH]n2c(=O)cc(-c3ccc(N(C)CC4CC4)cc3)nc12.CCOC(=O)c1c[nH]n2c(=O)cc(-c3ccc(OC(C)C)cc3)nc12. The van der Waals surface area contributed by atoms with Gasteiger partial charge in [-0.1, -0.05) is 107 Å². The van der Waals surface area contributed by atoms with Gasteiger partial charge in [0.05, 0.1) is 73.3 Å². The molecule has 1 saturated carbocycles. The summed E-state index contributed by atoms with van der Waals surface area (Å²) in [5.41, 5.74) is 10.9. The van der Waals surface area contributed by atoms with Crippen LogP contribution in [0.15, 0.2) is 255 Å². The van der Waals surface area contributed by atoms with Gasteiger partial charge in [-0.3, -0.25) is 49.5 Å². The van der Waals surface area contributed by atoms with Gasteiger partial charge in [-0.15, -0.1) is 0 Å². The minimum atomic E-state index is -0.522. The van der Waals surface area contributed by atoms with Gasteiger partial charge >= 0.3 is 29.8 Å².